The van der Waals surface area contributed by atoms with Crippen molar-refractivity contribution in [2.75, 3.05) is 0 Å². The van der Waals surface area contributed by atoms with Crippen molar-refractivity contribution in [2.24, 2.45) is 0 Å². The molecule has 0 N–H and O–H groups in total. The van der Waals surface area contributed by atoms with Crippen LogP contribution < -0.4 is 4.74 Å². The maximum Gasteiger partial charge on any atom is 0.137 e. The minimum Gasteiger partial charge on any atom is -0.489 e. The van der Waals surface area contributed by atoms with Gasteiger partial charge >= 0.3 is 0 Å². The van der Waals surface area contributed by atoms with Gasteiger partial charge in [-0.1, -0.05) is 42.5 Å². The van der Waals surface area contributed by atoms with Crippen molar-refractivity contribution >= 4 is 0 Å². The second-order valence-corrected chi connectivity index (χ2v) is 5.53. The number of hydrogen-bond acceptors (Lipinski definition) is 3. The summed E-state index contributed by atoms with van der Waals surface area (Å²) in [6.07, 6.45) is 6.67. The maximum absolute atomic E-state index is 5.80. The number of rotatable bonds is 8. The van der Waals surface area contributed by atoms with Crippen molar-refractivity contribution in [1.82, 2.24) is 14.8 Å². The molecular weight excluding hydrogens is 286 g/mol. The molecule has 2 aromatic carbocycles. The van der Waals surface area contributed by atoms with Crippen LogP contribution in [0.2, 0.25) is 0 Å². The van der Waals surface area contributed by atoms with E-state index in [0.717, 1.165) is 31.6 Å². The Morgan fingerprint density at radius 1 is 0.870 bits per heavy atom. The number of hydrogen-bond donors (Lipinski definition) is 0. The summed E-state index contributed by atoms with van der Waals surface area (Å²) in [5.41, 5.74) is 2.53. The number of aromatic nitrogens is 3. The molecule has 4 heteroatoms. The molecule has 0 radical (unpaired) electrons. The fourth-order valence-corrected chi connectivity index (χ4v) is 2.44. The van der Waals surface area contributed by atoms with Crippen LogP contribution in [-0.4, -0.2) is 14.8 Å². The first-order valence-corrected chi connectivity index (χ1v) is 7.98. The van der Waals surface area contributed by atoms with Crippen LogP contribution in [0, 0.1) is 0 Å². The van der Waals surface area contributed by atoms with Crippen molar-refractivity contribution in [3.05, 3.63) is 78.4 Å². The van der Waals surface area contributed by atoms with Gasteiger partial charge in [0.2, 0.25) is 0 Å². The molecule has 0 aliphatic carbocycles. The van der Waals surface area contributed by atoms with Gasteiger partial charge in [0.25, 0.3) is 0 Å². The molecule has 4 nitrogen and oxygen atoms in total. The van der Waals surface area contributed by atoms with E-state index in [9.17, 15) is 0 Å². The van der Waals surface area contributed by atoms with Crippen molar-refractivity contribution < 1.29 is 4.74 Å². The first kappa shape index (κ1) is 15.3. The minimum absolute atomic E-state index is 0.609. The van der Waals surface area contributed by atoms with Crippen LogP contribution in [0.5, 0.6) is 5.75 Å². The lowest BCUT2D eigenvalue weighted by Gasteiger charge is -2.07. The van der Waals surface area contributed by atoms with Gasteiger partial charge in [0, 0.05) is 6.54 Å². The molecule has 0 spiro atoms. The maximum atomic E-state index is 5.80. The summed E-state index contributed by atoms with van der Waals surface area (Å²) < 4.78 is 7.68. The zero-order chi connectivity index (χ0) is 15.7. The van der Waals surface area contributed by atoms with E-state index in [0.29, 0.717) is 6.61 Å². The third kappa shape index (κ3) is 4.95. The number of ether oxygens (including phenoxy) is 1. The molecule has 0 unspecified atom stereocenters. The quantitative estimate of drug-likeness (QED) is 0.593. The Morgan fingerprint density at radius 2 is 1.70 bits per heavy atom. The lowest BCUT2D eigenvalue weighted by atomic mass is 10.1. The summed E-state index contributed by atoms with van der Waals surface area (Å²) in [7, 11) is 0. The van der Waals surface area contributed by atoms with Crippen molar-refractivity contribution in [1.29, 1.82) is 0 Å². The molecule has 0 saturated carbocycles. The molecule has 3 aromatic rings. The normalized spacial score (nSPS) is 10.6. The van der Waals surface area contributed by atoms with E-state index >= 15 is 0 Å². The third-order valence-corrected chi connectivity index (χ3v) is 3.74. The van der Waals surface area contributed by atoms with Crippen LogP contribution >= 0.6 is 0 Å². The molecule has 1 heterocycles. The molecule has 0 bridgehead atoms. The van der Waals surface area contributed by atoms with Crippen LogP contribution in [0.4, 0.5) is 0 Å². The van der Waals surface area contributed by atoms with E-state index in [1.807, 2.05) is 22.9 Å². The predicted molar refractivity (Wildman–Crippen MR) is 90.2 cm³/mol. The highest BCUT2D eigenvalue weighted by Crippen LogP contribution is 2.15. The molecule has 1 aromatic heterocycles. The Labute approximate surface area is 136 Å². The molecular formula is C19H21N3O. The molecule has 0 amide bonds. The lowest BCUT2D eigenvalue weighted by molar-refractivity contribution is 0.306. The summed E-state index contributed by atoms with van der Waals surface area (Å²) in [4.78, 5) is 3.95. The van der Waals surface area contributed by atoms with Crippen molar-refractivity contribution in [3.63, 3.8) is 0 Å². The van der Waals surface area contributed by atoms with E-state index in [-0.39, 0.29) is 0 Å². The summed E-state index contributed by atoms with van der Waals surface area (Å²) in [6, 6.07) is 18.6. The van der Waals surface area contributed by atoms with E-state index in [1.165, 1.54) is 11.1 Å². The number of benzene rings is 2. The van der Waals surface area contributed by atoms with Crippen molar-refractivity contribution in [2.45, 2.75) is 32.4 Å². The average Bonchev–Trinajstić information content (AvgIpc) is 3.12. The zero-order valence-corrected chi connectivity index (χ0v) is 13.1. The summed E-state index contributed by atoms with van der Waals surface area (Å²) >= 11 is 0. The van der Waals surface area contributed by atoms with Gasteiger partial charge in [-0.2, -0.15) is 5.10 Å². The second kappa shape index (κ2) is 8.13. The lowest BCUT2D eigenvalue weighted by Crippen LogP contribution is -1.99. The monoisotopic (exact) mass is 307 g/mol. The SMILES string of the molecule is c1ccc(COc2ccc(CCCCn3cncn3)cc2)cc1. The van der Waals surface area contributed by atoms with Gasteiger partial charge in [0.1, 0.15) is 25.0 Å². The smallest absolute Gasteiger partial charge is 0.137 e. The fraction of sp³-hybridized carbons (Fsp3) is 0.263. The molecule has 0 fully saturated rings. The number of unbranched alkanes of at least 4 members (excludes halogenated alkanes) is 1. The van der Waals surface area contributed by atoms with Gasteiger partial charge in [-0.3, -0.25) is 4.68 Å². The van der Waals surface area contributed by atoms with E-state index < -0.39 is 0 Å². The average molecular weight is 307 g/mol. The Kier molecular flexibility index (Phi) is 5.40. The highest BCUT2D eigenvalue weighted by Gasteiger charge is 1.98. The van der Waals surface area contributed by atoms with Crippen LogP contribution in [0.3, 0.4) is 0 Å². The largest absolute Gasteiger partial charge is 0.489 e. The van der Waals surface area contributed by atoms with E-state index in [4.69, 9.17) is 4.74 Å². The van der Waals surface area contributed by atoms with Gasteiger partial charge in [-0.25, -0.2) is 4.98 Å². The van der Waals surface area contributed by atoms with Crippen LogP contribution in [0.15, 0.2) is 67.3 Å². The Balaban J connectivity index is 1.40. The number of aryl methyl sites for hydroxylation is 2. The highest BCUT2D eigenvalue weighted by atomic mass is 16.5. The Bertz CT molecular complexity index is 678. The summed E-state index contributed by atoms with van der Waals surface area (Å²) in [6.45, 7) is 1.54. The molecule has 0 aliphatic heterocycles. The van der Waals surface area contributed by atoms with Gasteiger partial charge < -0.3 is 4.74 Å². The summed E-state index contributed by atoms with van der Waals surface area (Å²) in [5, 5.41) is 4.11. The molecule has 23 heavy (non-hydrogen) atoms. The van der Waals surface area contributed by atoms with Crippen LogP contribution in [0.1, 0.15) is 24.0 Å². The van der Waals surface area contributed by atoms with Gasteiger partial charge in [0.15, 0.2) is 0 Å². The molecule has 0 atom stereocenters. The van der Waals surface area contributed by atoms with Gasteiger partial charge in [-0.15, -0.1) is 0 Å². The highest BCUT2D eigenvalue weighted by molar-refractivity contribution is 5.27. The van der Waals surface area contributed by atoms with E-state index in [1.54, 1.807) is 12.7 Å². The fourth-order valence-electron chi connectivity index (χ4n) is 2.44. The topological polar surface area (TPSA) is 39.9 Å². The second-order valence-electron chi connectivity index (χ2n) is 5.53. The minimum atomic E-state index is 0.609. The van der Waals surface area contributed by atoms with Crippen LogP contribution in [-0.2, 0) is 19.6 Å². The van der Waals surface area contributed by atoms with Crippen LogP contribution in [0.25, 0.3) is 0 Å². The molecule has 0 saturated heterocycles. The zero-order valence-electron chi connectivity index (χ0n) is 13.1. The summed E-state index contributed by atoms with van der Waals surface area (Å²) in [5.74, 6) is 0.917. The Hall–Kier alpha value is -2.62. The first-order chi connectivity index (χ1) is 11.4. The number of nitrogens with zero attached hydrogens (tertiary/aromatic N) is 3. The molecule has 0 aliphatic rings. The molecule has 3 rings (SSSR count). The third-order valence-electron chi connectivity index (χ3n) is 3.74. The molecule has 118 valence electrons. The first-order valence-electron chi connectivity index (χ1n) is 7.98. The van der Waals surface area contributed by atoms with Crippen molar-refractivity contribution in [3.8, 4) is 5.75 Å². The Morgan fingerprint density at radius 3 is 2.43 bits per heavy atom. The van der Waals surface area contributed by atoms with E-state index in [2.05, 4.69) is 46.5 Å². The predicted octanol–water partition coefficient (Wildman–Crippen LogP) is 3.88. The van der Waals surface area contributed by atoms with Gasteiger partial charge in [0.05, 0.1) is 0 Å². The standard InChI is InChI=1S/C19H21N3O/c1-2-7-18(8-3-1)14-23-19-11-9-17(10-12-19)6-4-5-13-22-16-20-15-21-22/h1-3,7-12,15-16H,4-6,13-14H2. The van der Waals surface area contributed by atoms with Gasteiger partial charge in [-0.05, 0) is 42.5 Å².